The zero-order valence-corrected chi connectivity index (χ0v) is 15.9. The topological polar surface area (TPSA) is 73.5 Å². The van der Waals surface area contributed by atoms with E-state index < -0.39 is 0 Å². The van der Waals surface area contributed by atoms with Crippen molar-refractivity contribution in [3.8, 4) is 0 Å². The molecule has 1 unspecified atom stereocenters. The molecular formula is C22H26N4O2. The van der Waals surface area contributed by atoms with Crippen molar-refractivity contribution >= 4 is 29.0 Å². The number of likely N-dealkylation sites (tertiary alicyclic amines) is 1. The zero-order valence-electron chi connectivity index (χ0n) is 15.9. The van der Waals surface area contributed by atoms with Gasteiger partial charge in [0.2, 0.25) is 5.91 Å². The minimum atomic E-state index is -0.166. The van der Waals surface area contributed by atoms with Crippen LogP contribution in [-0.2, 0) is 4.79 Å². The summed E-state index contributed by atoms with van der Waals surface area (Å²) in [7, 11) is 0. The Morgan fingerprint density at radius 1 is 0.857 bits per heavy atom. The quantitative estimate of drug-likeness (QED) is 0.737. The van der Waals surface area contributed by atoms with Crippen molar-refractivity contribution in [1.29, 1.82) is 0 Å². The summed E-state index contributed by atoms with van der Waals surface area (Å²) in [6.45, 7) is 1.21. The number of hydrogen-bond acceptors (Lipinski definition) is 3. The summed E-state index contributed by atoms with van der Waals surface area (Å²) in [6.07, 6.45) is 3.81. The smallest absolute Gasteiger partial charge is 0.317 e. The molecule has 2 aromatic rings. The minimum absolute atomic E-state index is 0.0207. The van der Waals surface area contributed by atoms with E-state index in [2.05, 4.69) is 16.0 Å². The first-order valence-corrected chi connectivity index (χ1v) is 9.96. The van der Waals surface area contributed by atoms with Gasteiger partial charge in [-0.25, -0.2) is 4.79 Å². The number of para-hydroxylation sites is 1. The van der Waals surface area contributed by atoms with Crippen LogP contribution in [0.5, 0.6) is 0 Å². The Bertz CT molecular complexity index is 818. The monoisotopic (exact) mass is 378 g/mol. The second-order valence-electron chi connectivity index (χ2n) is 7.57. The molecule has 0 bridgehead atoms. The highest BCUT2D eigenvalue weighted by atomic mass is 16.2. The number of benzene rings is 2. The van der Waals surface area contributed by atoms with Crippen LogP contribution in [0.2, 0.25) is 0 Å². The number of nitrogens with one attached hydrogen (secondary N) is 3. The lowest BCUT2D eigenvalue weighted by atomic mass is 9.97. The molecule has 146 valence electrons. The third kappa shape index (κ3) is 4.82. The molecule has 3 N–H and O–H groups in total. The lowest BCUT2D eigenvalue weighted by molar-refractivity contribution is -0.121. The van der Waals surface area contributed by atoms with Crippen LogP contribution < -0.4 is 16.0 Å². The molecule has 4 rings (SSSR count). The van der Waals surface area contributed by atoms with Crippen molar-refractivity contribution in [3.63, 3.8) is 0 Å². The van der Waals surface area contributed by atoms with E-state index in [1.807, 2.05) is 54.6 Å². The fraction of sp³-hybridized carbons (Fsp3) is 0.364. The Hall–Kier alpha value is -3.02. The Labute approximate surface area is 165 Å². The van der Waals surface area contributed by atoms with Crippen LogP contribution in [0.15, 0.2) is 54.6 Å². The molecule has 0 aromatic heterocycles. The SMILES string of the molecule is O=C(Nc1ccc(Nc2ccccc2)cc1)C1CCCN(C(=O)NC2CC2)C1. The van der Waals surface area contributed by atoms with Gasteiger partial charge in [-0.15, -0.1) is 0 Å². The Morgan fingerprint density at radius 2 is 1.54 bits per heavy atom. The molecule has 6 heteroatoms. The van der Waals surface area contributed by atoms with E-state index in [4.69, 9.17) is 0 Å². The average molecular weight is 378 g/mol. The predicted octanol–water partition coefficient (Wildman–Crippen LogP) is 3.95. The predicted molar refractivity (Wildman–Crippen MR) is 111 cm³/mol. The number of anilines is 3. The molecule has 1 aliphatic carbocycles. The number of amides is 3. The summed E-state index contributed by atoms with van der Waals surface area (Å²) >= 11 is 0. The molecule has 2 fully saturated rings. The van der Waals surface area contributed by atoms with Crippen LogP contribution >= 0.6 is 0 Å². The van der Waals surface area contributed by atoms with Crippen molar-refractivity contribution in [1.82, 2.24) is 10.2 Å². The lowest BCUT2D eigenvalue weighted by Gasteiger charge is -2.32. The number of carbonyl (C=O) groups is 2. The van der Waals surface area contributed by atoms with E-state index >= 15 is 0 Å². The number of piperidine rings is 1. The van der Waals surface area contributed by atoms with Gasteiger partial charge in [0.15, 0.2) is 0 Å². The maximum absolute atomic E-state index is 12.7. The number of urea groups is 1. The van der Waals surface area contributed by atoms with Crippen LogP contribution in [0.3, 0.4) is 0 Å². The highest BCUT2D eigenvalue weighted by Gasteiger charge is 2.31. The molecule has 6 nitrogen and oxygen atoms in total. The van der Waals surface area contributed by atoms with E-state index in [-0.39, 0.29) is 17.9 Å². The summed E-state index contributed by atoms with van der Waals surface area (Å²) < 4.78 is 0. The Kier molecular flexibility index (Phi) is 5.46. The molecular weight excluding hydrogens is 352 g/mol. The van der Waals surface area contributed by atoms with E-state index in [9.17, 15) is 9.59 Å². The number of carbonyl (C=O) groups excluding carboxylic acids is 2. The molecule has 2 aliphatic rings. The lowest BCUT2D eigenvalue weighted by Crippen LogP contribution is -2.48. The molecule has 1 aliphatic heterocycles. The van der Waals surface area contributed by atoms with E-state index in [1.165, 1.54) is 0 Å². The van der Waals surface area contributed by atoms with Gasteiger partial charge in [-0.3, -0.25) is 4.79 Å². The third-order valence-electron chi connectivity index (χ3n) is 5.20. The average Bonchev–Trinajstić information content (AvgIpc) is 3.54. The highest BCUT2D eigenvalue weighted by Crippen LogP contribution is 2.23. The van der Waals surface area contributed by atoms with Crippen LogP contribution in [0.1, 0.15) is 25.7 Å². The molecule has 28 heavy (non-hydrogen) atoms. The van der Waals surface area contributed by atoms with Crippen LogP contribution in [0, 0.1) is 5.92 Å². The largest absolute Gasteiger partial charge is 0.356 e. The van der Waals surface area contributed by atoms with Gasteiger partial charge in [0, 0.05) is 36.2 Å². The molecule has 2 aromatic carbocycles. The fourth-order valence-corrected chi connectivity index (χ4v) is 3.44. The van der Waals surface area contributed by atoms with Gasteiger partial charge in [-0.2, -0.15) is 0 Å². The standard InChI is InChI=1S/C22H26N4O2/c27-21(16-5-4-14-26(15-16)22(28)25-20-12-13-20)24-19-10-8-18(9-11-19)23-17-6-2-1-3-7-17/h1-3,6-11,16,20,23H,4-5,12-15H2,(H,24,27)(H,25,28). The minimum Gasteiger partial charge on any atom is -0.356 e. The summed E-state index contributed by atoms with van der Waals surface area (Å²) in [5, 5.41) is 9.32. The molecule has 0 spiro atoms. The fourth-order valence-electron chi connectivity index (χ4n) is 3.44. The molecule has 1 saturated carbocycles. The summed E-state index contributed by atoms with van der Waals surface area (Å²) in [5.41, 5.74) is 2.75. The maximum Gasteiger partial charge on any atom is 0.317 e. The van der Waals surface area contributed by atoms with E-state index in [0.717, 1.165) is 49.3 Å². The molecule has 1 heterocycles. The highest BCUT2D eigenvalue weighted by molar-refractivity contribution is 5.93. The van der Waals surface area contributed by atoms with Gasteiger partial charge in [-0.05, 0) is 62.1 Å². The summed E-state index contributed by atoms with van der Waals surface area (Å²) in [5.74, 6) is -0.187. The Balaban J connectivity index is 1.30. The van der Waals surface area contributed by atoms with E-state index in [0.29, 0.717) is 12.6 Å². The van der Waals surface area contributed by atoms with Crippen LogP contribution in [0.4, 0.5) is 21.9 Å². The van der Waals surface area contributed by atoms with Crippen LogP contribution in [-0.4, -0.2) is 36.0 Å². The van der Waals surface area contributed by atoms with Crippen molar-refractivity contribution < 1.29 is 9.59 Å². The first-order valence-electron chi connectivity index (χ1n) is 9.96. The number of hydrogen-bond donors (Lipinski definition) is 3. The van der Waals surface area contributed by atoms with Gasteiger partial charge in [0.1, 0.15) is 0 Å². The van der Waals surface area contributed by atoms with Crippen molar-refractivity contribution in [3.05, 3.63) is 54.6 Å². The number of nitrogens with zero attached hydrogens (tertiary/aromatic N) is 1. The van der Waals surface area contributed by atoms with Gasteiger partial charge >= 0.3 is 6.03 Å². The second-order valence-corrected chi connectivity index (χ2v) is 7.57. The molecule has 1 atom stereocenters. The second kappa shape index (κ2) is 8.33. The van der Waals surface area contributed by atoms with Gasteiger partial charge < -0.3 is 20.9 Å². The normalized spacial score (nSPS) is 19.0. The number of rotatable bonds is 5. The van der Waals surface area contributed by atoms with Crippen molar-refractivity contribution in [2.45, 2.75) is 31.7 Å². The Morgan fingerprint density at radius 3 is 2.25 bits per heavy atom. The summed E-state index contributed by atoms with van der Waals surface area (Å²) in [4.78, 5) is 26.7. The molecule has 1 saturated heterocycles. The molecule has 0 radical (unpaired) electrons. The zero-order chi connectivity index (χ0) is 19.3. The van der Waals surface area contributed by atoms with Crippen molar-refractivity contribution in [2.24, 2.45) is 5.92 Å². The maximum atomic E-state index is 12.7. The van der Waals surface area contributed by atoms with Crippen LogP contribution in [0.25, 0.3) is 0 Å². The van der Waals surface area contributed by atoms with Gasteiger partial charge in [0.05, 0.1) is 5.92 Å². The third-order valence-corrected chi connectivity index (χ3v) is 5.20. The van der Waals surface area contributed by atoms with Gasteiger partial charge in [-0.1, -0.05) is 18.2 Å². The van der Waals surface area contributed by atoms with Crippen molar-refractivity contribution in [2.75, 3.05) is 23.7 Å². The molecule has 3 amide bonds. The van der Waals surface area contributed by atoms with Gasteiger partial charge in [0.25, 0.3) is 0 Å². The van der Waals surface area contributed by atoms with E-state index in [1.54, 1.807) is 4.90 Å². The first-order chi connectivity index (χ1) is 13.7. The first kappa shape index (κ1) is 18.3. The summed E-state index contributed by atoms with van der Waals surface area (Å²) in [6, 6.07) is 17.9.